The number of carbonyl (C=O) groups is 1. The van der Waals surface area contributed by atoms with Gasteiger partial charge in [-0.1, -0.05) is 30.3 Å². The van der Waals surface area contributed by atoms with Crippen LogP contribution in [0.15, 0.2) is 42.5 Å². The van der Waals surface area contributed by atoms with E-state index in [9.17, 15) is 4.79 Å². The lowest BCUT2D eigenvalue weighted by molar-refractivity contribution is 0.139. The first-order valence-electron chi connectivity index (χ1n) is 12.3. The van der Waals surface area contributed by atoms with Crippen molar-refractivity contribution in [3.63, 3.8) is 0 Å². The Labute approximate surface area is 202 Å². The second-order valence-corrected chi connectivity index (χ2v) is 9.62. The van der Waals surface area contributed by atoms with E-state index in [0.717, 1.165) is 38.4 Å². The minimum Gasteiger partial charge on any atom is -0.351 e. The molecule has 34 heavy (non-hydrogen) atoms. The van der Waals surface area contributed by atoms with E-state index in [1.807, 2.05) is 17.0 Å². The molecule has 2 amide bonds. The van der Waals surface area contributed by atoms with Crippen molar-refractivity contribution in [3.8, 4) is 6.07 Å². The molecule has 2 aromatic rings. The van der Waals surface area contributed by atoms with Crippen LogP contribution in [0, 0.1) is 17.2 Å². The number of hydrogen-bond acceptors (Lipinski definition) is 6. The van der Waals surface area contributed by atoms with Gasteiger partial charge in [0.1, 0.15) is 6.07 Å². The van der Waals surface area contributed by atoms with Gasteiger partial charge in [0.25, 0.3) is 0 Å². The number of nitrogens with zero attached hydrogens (tertiary/aromatic N) is 6. The Morgan fingerprint density at radius 1 is 1.06 bits per heavy atom. The van der Waals surface area contributed by atoms with Crippen molar-refractivity contribution in [2.45, 2.75) is 51.7 Å². The summed E-state index contributed by atoms with van der Waals surface area (Å²) in [5.41, 5.74) is 1.69. The molecule has 0 radical (unpaired) electrons. The molecule has 3 heterocycles. The van der Waals surface area contributed by atoms with E-state index in [2.05, 4.69) is 69.5 Å². The van der Waals surface area contributed by atoms with Gasteiger partial charge in [-0.3, -0.25) is 4.90 Å². The molecule has 2 aliphatic rings. The van der Waals surface area contributed by atoms with E-state index in [-0.39, 0.29) is 18.1 Å². The molecule has 0 bridgehead atoms. The van der Waals surface area contributed by atoms with Crippen molar-refractivity contribution >= 4 is 11.8 Å². The Morgan fingerprint density at radius 2 is 1.76 bits per heavy atom. The number of anilines is 1. The summed E-state index contributed by atoms with van der Waals surface area (Å²) >= 11 is 0. The third-order valence-electron chi connectivity index (χ3n) is 7.03. The predicted molar refractivity (Wildman–Crippen MR) is 132 cm³/mol. The van der Waals surface area contributed by atoms with Crippen LogP contribution >= 0.6 is 0 Å². The summed E-state index contributed by atoms with van der Waals surface area (Å²) in [4.78, 5) is 19.6. The van der Waals surface area contributed by atoms with E-state index in [1.54, 1.807) is 6.07 Å². The number of piperazine rings is 1. The highest BCUT2D eigenvalue weighted by Crippen LogP contribution is 2.23. The number of piperidine rings is 1. The van der Waals surface area contributed by atoms with Gasteiger partial charge in [0.15, 0.2) is 11.5 Å². The van der Waals surface area contributed by atoms with Crippen molar-refractivity contribution in [2.24, 2.45) is 5.92 Å². The SMILES string of the molecule is CC1CN(c2ccc(C#N)nn2)CC(C)N1C(=O)NCCC1CCN(Cc2ccccc2)CC1. The maximum absolute atomic E-state index is 13.0. The number of nitrogens with one attached hydrogen (secondary N) is 1. The third kappa shape index (κ3) is 6.03. The fourth-order valence-electron chi connectivity index (χ4n) is 5.21. The maximum Gasteiger partial charge on any atom is 0.318 e. The first kappa shape index (κ1) is 24.0. The smallest absolute Gasteiger partial charge is 0.318 e. The molecular weight excluding hydrogens is 426 g/mol. The molecule has 1 N–H and O–H groups in total. The Morgan fingerprint density at radius 3 is 2.38 bits per heavy atom. The minimum atomic E-state index is 0.0204. The zero-order valence-corrected chi connectivity index (χ0v) is 20.2. The van der Waals surface area contributed by atoms with Gasteiger partial charge < -0.3 is 15.1 Å². The molecule has 2 fully saturated rings. The second kappa shape index (κ2) is 11.3. The van der Waals surface area contributed by atoms with Crippen LogP contribution in [-0.2, 0) is 6.54 Å². The summed E-state index contributed by atoms with van der Waals surface area (Å²) in [7, 11) is 0. The van der Waals surface area contributed by atoms with Gasteiger partial charge in [-0.05, 0) is 69.8 Å². The van der Waals surface area contributed by atoms with Crippen LogP contribution < -0.4 is 10.2 Å². The number of urea groups is 1. The van der Waals surface area contributed by atoms with E-state index in [0.29, 0.717) is 24.7 Å². The van der Waals surface area contributed by atoms with Crippen LogP contribution in [0.3, 0.4) is 0 Å². The summed E-state index contributed by atoms with van der Waals surface area (Å²) in [5, 5.41) is 20.2. The zero-order valence-electron chi connectivity index (χ0n) is 20.2. The Bertz CT molecular complexity index is 955. The lowest BCUT2D eigenvalue weighted by atomic mass is 9.93. The van der Waals surface area contributed by atoms with Gasteiger partial charge in [-0.15, -0.1) is 10.2 Å². The van der Waals surface area contributed by atoms with Gasteiger partial charge >= 0.3 is 6.03 Å². The van der Waals surface area contributed by atoms with E-state index >= 15 is 0 Å². The summed E-state index contributed by atoms with van der Waals surface area (Å²) in [5.74, 6) is 1.42. The average Bonchev–Trinajstić information content (AvgIpc) is 2.85. The van der Waals surface area contributed by atoms with Crippen molar-refractivity contribution in [2.75, 3.05) is 37.6 Å². The monoisotopic (exact) mass is 461 g/mol. The van der Waals surface area contributed by atoms with E-state index in [1.165, 1.54) is 18.4 Å². The second-order valence-electron chi connectivity index (χ2n) is 9.62. The molecule has 1 aromatic heterocycles. The number of rotatable bonds is 6. The van der Waals surface area contributed by atoms with Crippen LogP contribution in [0.1, 0.15) is 44.4 Å². The molecule has 180 valence electrons. The number of amides is 2. The number of nitriles is 1. The summed E-state index contributed by atoms with van der Waals surface area (Å²) < 4.78 is 0. The molecule has 8 nitrogen and oxygen atoms in total. The standard InChI is InChI=1S/C26H35N7O/c1-20-17-32(25-9-8-24(16-27)29-30-25)18-21(2)33(20)26(34)28-13-10-22-11-14-31(15-12-22)19-23-6-4-3-5-7-23/h3-9,20-22H,10-15,17-19H2,1-2H3,(H,28,34). The lowest BCUT2D eigenvalue weighted by Crippen LogP contribution is -2.61. The van der Waals surface area contributed by atoms with E-state index in [4.69, 9.17) is 5.26 Å². The largest absolute Gasteiger partial charge is 0.351 e. The number of benzene rings is 1. The fourth-order valence-corrected chi connectivity index (χ4v) is 5.21. The molecule has 4 rings (SSSR count). The van der Waals surface area contributed by atoms with Crippen molar-refractivity contribution < 1.29 is 4.79 Å². The minimum absolute atomic E-state index is 0.0204. The Kier molecular flexibility index (Phi) is 7.96. The van der Waals surface area contributed by atoms with Crippen molar-refractivity contribution in [1.82, 2.24) is 25.3 Å². The molecule has 8 heteroatoms. The first-order valence-corrected chi connectivity index (χ1v) is 12.3. The Hall–Kier alpha value is -3.18. The number of likely N-dealkylation sites (tertiary alicyclic amines) is 1. The van der Waals surface area contributed by atoms with Gasteiger partial charge in [-0.25, -0.2) is 4.79 Å². The molecule has 2 aliphatic heterocycles. The number of aromatic nitrogens is 2. The van der Waals surface area contributed by atoms with Gasteiger partial charge in [0.2, 0.25) is 0 Å². The Balaban J connectivity index is 1.19. The maximum atomic E-state index is 13.0. The predicted octanol–water partition coefficient (Wildman–Crippen LogP) is 3.26. The summed E-state index contributed by atoms with van der Waals surface area (Å²) in [6, 6.07) is 16.3. The molecule has 0 spiro atoms. The quantitative estimate of drug-likeness (QED) is 0.710. The molecule has 2 atom stereocenters. The topological polar surface area (TPSA) is 88.4 Å². The molecule has 0 saturated carbocycles. The molecule has 2 saturated heterocycles. The van der Waals surface area contributed by atoms with Gasteiger partial charge in [0, 0.05) is 38.3 Å². The average molecular weight is 462 g/mol. The van der Waals surface area contributed by atoms with Gasteiger partial charge in [-0.2, -0.15) is 5.26 Å². The normalized spacial score (nSPS) is 21.8. The van der Waals surface area contributed by atoms with Crippen LogP contribution in [-0.4, -0.2) is 70.8 Å². The van der Waals surface area contributed by atoms with Crippen LogP contribution in [0.2, 0.25) is 0 Å². The zero-order chi connectivity index (χ0) is 23.9. The number of hydrogen-bond donors (Lipinski definition) is 1. The fraction of sp³-hybridized carbons (Fsp3) is 0.538. The summed E-state index contributed by atoms with van der Waals surface area (Å²) in [6.45, 7) is 9.53. The third-order valence-corrected chi connectivity index (χ3v) is 7.03. The van der Waals surface area contributed by atoms with Crippen LogP contribution in [0.5, 0.6) is 0 Å². The lowest BCUT2D eigenvalue weighted by Gasteiger charge is -2.44. The number of carbonyl (C=O) groups excluding carboxylic acids is 1. The summed E-state index contributed by atoms with van der Waals surface area (Å²) in [6.07, 6.45) is 3.42. The van der Waals surface area contributed by atoms with Crippen LogP contribution in [0.25, 0.3) is 0 Å². The van der Waals surface area contributed by atoms with Crippen molar-refractivity contribution in [3.05, 3.63) is 53.7 Å². The molecular formula is C26H35N7O. The van der Waals surface area contributed by atoms with Gasteiger partial charge in [0.05, 0.1) is 0 Å². The first-order chi connectivity index (χ1) is 16.5. The van der Waals surface area contributed by atoms with E-state index < -0.39 is 0 Å². The molecule has 1 aromatic carbocycles. The molecule has 2 unspecified atom stereocenters. The molecule has 0 aliphatic carbocycles. The highest BCUT2D eigenvalue weighted by Gasteiger charge is 2.33. The van der Waals surface area contributed by atoms with Crippen molar-refractivity contribution in [1.29, 1.82) is 5.26 Å². The van der Waals surface area contributed by atoms with Crippen LogP contribution in [0.4, 0.5) is 10.6 Å². The highest BCUT2D eigenvalue weighted by molar-refractivity contribution is 5.75. The highest BCUT2D eigenvalue weighted by atomic mass is 16.2.